The summed E-state index contributed by atoms with van der Waals surface area (Å²) in [5.74, 6) is 0.838. The van der Waals surface area contributed by atoms with Gasteiger partial charge in [-0.15, -0.1) is 24.0 Å². The van der Waals surface area contributed by atoms with Crippen LogP contribution >= 0.6 is 35.6 Å². The van der Waals surface area contributed by atoms with E-state index in [9.17, 15) is 0 Å². The van der Waals surface area contributed by atoms with Crippen molar-refractivity contribution in [2.75, 3.05) is 84.1 Å². The first kappa shape index (κ1) is 25.5. The van der Waals surface area contributed by atoms with Gasteiger partial charge < -0.3 is 25.2 Å². The third kappa shape index (κ3) is 7.71. The number of morpholine rings is 1. The molecule has 1 aromatic carbocycles. The summed E-state index contributed by atoms with van der Waals surface area (Å²) in [6.45, 7) is 13.2. The van der Waals surface area contributed by atoms with Gasteiger partial charge in [-0.25, -0.2) is 4.99 Å². The topological polar surface area (TPSA) is 55.4 Å². The molecule has 3 rings (SSSR count). The SMILES string of the molecule is CCNC(=NCc1c(Cl)cccc1N1CCN(C)CC1)NCCN1CCOCC1.I. The van der Waals surface area contributed by atoms with Gasteiger partial charge in [0, 0.05) is 75.2 Å². The summed E-state index contributed by atoms with van der Waals surface area (Å²) >= 11 is 6.58. The van der Waals surface area contributed by atoms with Gasteiger partial charge in [0.05, 0.1) is 19.8 Å². The molecule has 0 spiro atoms. The molecule has 170 valence electrons. The summed E-state index contributed by atoms with van der Waals surface area (Å²) in [6.07, 6.45) is 0. The van der Waals surface area contributed by atoms with Gasteiger partial charge in [-0.2, -0.15) is 0 Å². The number of anilines is 1. The van der Waals surface area contributed by atoms with E-state index >= 15 is 0 Å². The number of guanidine groups is 1. The van der Waals surface area contributed by atoms with Crippen LogP contribution < -0.4 is 15.5 Å². The predicted octanol–water partition coefficient (Wildman–Crippen LogP) is 2.10. The highest BCUT2D eigenvalue weighted by atomic mass is 127. The fourth-order valence-electron chi connectivity index (χ4n) is 3.70. The van der Waals surface area contributed by atoms with Gasteiger partial charge in [-0.3, -0.25) is 4.90 Å². The number of likely N-dealkylation sites (N-methyl/N-ethyl adjacent to an activating group) is 1. The predicted molar refractivity (Wildman–Crippen MR) is 137 cm³/mol. The average molecular weight is 551 g/mol. The van der Waals surface area contributed by atoms with E-state index in [0.717, 1.165) is 88.7 Å². The van der Waals surface area contributed by atoms with E-state index in [1.807, 2.05) is 12.1 Å². The average Bonchev–Trinajstić information content (AvgIpc) is 2.74. The lowest BCUT2D eigenvalue weighted by Gasteiger charge is -2.35. The maximum atomic E-state index is 6.58. The van der Waals surface area contributed by atoms with E-state index in [4.69, 9.17) is 21.3 Å². The molecule has 0 bridgehead atoms. The van der Waals surface area contributed by atoms with Crippen molar-refractivity contribution in [1.29, 1.82) is 0 Å². The Morgan fingerprint density at radius 1 is 1.10 bits per heavy atom. The van der Waals surface area contributed by atoms with Crippen LogP contribution in [0.4, 0.5) is 5.69 Å². The molecule has 0 atom stereocenters. The molecule has 9 heteroatoms. The van der Waals surface area contributed by atoms with Gasteiger partial charge in [0.15, 0.2) is 5.96 Å². The highest BCUT2D eigenvalue weighted by Crippen LogP contribution is 2.29. The van der Waals surface area contributed by atoms with Crippen LogP contribution in [0.25, 0.3) is 0 Å². The number of hydrogen-bond acceptors (Lipinski definition) is 5. The quantitative estimate of drug-likeness (QED) is 0.308. The number of halogens is 2. The molecule has 30 heavy (non-hydrogen) atoms. The molecule has 2 saturated heterocycles. The van der Waals surface area contributed by atoms with Crippen molar-refractivity contribution in [2.45, 2.75) is 13.5 Å². The standard InChI is InChI=1S/C21H35ClN6O.HI/c1-3-23-21(24-7-8-27-13-15-29-16-14-27)25-17-18-19(22)5-4-6-20(18)28-11-9-26(2)10-12-28;/h4-6H,3,7-17H2,1-2H3,(H2,23,24,25);1H. The number of nitrogens with zero attached hydrogens (tertiary/aromatic N) is 4. The molecule has 2 N–H and O–H groups in total. The minimum absolute atomic E-state index is 0. The summed E-state index contributed by atoms with van der Waals surface area (Å²) in [5, 5.41) is 7.59. The number of aliphatic imine (C=N–C) groups is 1. The number of ether oxygens (including phenoxy) is 1. The van der Waals surface area contributed by atoms with Gasteiger partial charge in [0.25, 0.3) is 0 Å². The minimum Gasteiger partial charge on any atom is -0.379 e. The van der Waals surface area contributed by atoms with E-state index in [2.05, 4.69) is 45.4 Å². The lowest BCUT2D eigenvalue weighted by Crippen LogP contribution is -2.45. The third-order valence-electron chi connectivity index (χ3n) is 5.50. The maximum Gasteiger partial charge on any atom is 0.191 e. The third-order valence-corrected chi connectivity index (χ3v) is 5.86. The normalized spacial score (nSPS) is 18.8. The number of piperazine rings is 1. The second kappa shape index (κ2) is 13.6. The second-order valence-corrected chi connectivity index (χ2v) is 8.01. The molecule has 0 amide bonds. The van der Waals surface area contributed by atoms with Crippen molar-refractivity contribution in [3.8, 4) is 0 Å². The van der Waals surface area contributed by atoms with Crippen LogP contribution in [0.15, 0.2) is 23.2 Å². The Labute approximate surface area is 203 Å². The molecule has 2 aliphatic rings. The van der Waals surface area contributed by atoms with Crippen molar-refractivity contribution in [2.24, 2.45) is 4.99 Å². The molecule has 2 aliphatic heterocycles. The Morgan fingerprint density at radius 3 is 2.53 bits per heavy atom. The number of rotatable bonds is 7. The van der Waals surface area contributed by atoms with E-state index in [0.29, 0.717) is 6.54 Å². The summed E-state index contributed by atoms with van der Waals surface area (Å²) in [5.41, 5.74) is 2.31. The van der Waals surface area contributed by atoms with E-state index < -0.39 is 0 Å². The van der Waals surface area contributed by atoms with Crippen molar-refractivity contribution >= 4 is 47.2 Å². The summed E-state index contributed by atoms with van der Waals surface area (Å²) in [6, 6.07) is 6.17. The van der Waals surface area contributed by atoms with Crippen molar-refractivity contribution in [3.05, 3.63) is 28.8 Å². The summed E-state index contributed by atoms with van der Waals surface area (Å²) in [7, 11) is 2.17. The Balaban J connectivity index is 0.00000320. The highest BCUT2D eigenvalue weighted by Gasteiger charge is 2.18. The van der Waals surface area contributed by atoms with Crippen LogP contribution in [0.2, 0.25) is 5.02 Å². The number of benzene rings is 1. The van der Waals surface area contributed by atoms with Gasteiger partial charge in [0.1, 0.15) is 0 Å². The van der Waals surface area contributed by atoms with Crippen LogP contribution in [-0.4, -0.2) is 94.9 Å². The molecular formula is C21H36ClIN6O. The molecule has 0 radical (unpaired) electrons. The second-order valence-electron chi connectivity index (χ2n) is 7.60. The summed E-state index contributed by atoms with van der Waals surface area (Å²) in [4.78, 5) is 12.0. The van der Waals surface area contributed by atoms with Crippen LogP contribution in [0.1, 0.15) is 12.5 Å². The fraction of sp³-hybridized carbons (Fsp3) is 0.667. The highest BCUT2D eigenvalue weighted by molar-refractivity contribution is 14.0. The molecule has 0 unspecified atom stereocenters. The molecule has 1 aromatic rings. The lowest BCUT2D eigenvalue weighted by atomic mass is 10.1. The van der Waals surface area contributed by atoms with E-state index in [1.165, 1.54) is 5.69 Å². The first-order valence-electron chi connectivity index (χ1n) is 10.7. The van der Waals surface area contributed by atoms with E-state index in [1.54, 1.807) is 0 Å². The molecule has 0 aromatic heterocycles. The Morgan fingerprint density at radius 2 is 1.83 bits per heavy atom. The van der Waals surface area contributed by atoms with Crippen molar-refractivity contribution < 1.29 is 4.74 Å². The van der Waals surface area contributed by atoms with E-state index in [-0.39, 0.29) is 24.0 Å². The lowest BCUT2D eigenvalue weighted by molar-refractivity contribution is 0.0389. The Hall–Kier alpha value is -0.810. The van der Waals surface area contributed by atoms with Gasteiger partial charge in [0.2, 0.25) is 0 Å². The fourth-order valence-corrected chi connectivity index (χ4v) is 3.93. The Kier molecular flexibility index (Phi) is 11.5. The van der Waals surface area contributed by atoms with Crippen LogP contribution in [0, 0.1) is 0 Å². The number of hydrogen-bond donors (Lipinski definition) is 2. The zero-order valence-electron chi connectivity index (χ0n) is 18.2. The largest absolute Gasteiger partial charge is 0.379 e. The zero-order valence-corrected chi connectivity index (χ0v) is 21.3. The van der Waals surface area contributed by atoms with Gasteiger partial charge in [-0.1, -0.05) is 17.7 Å². The first-order valence-corrected chi connectivity index (χ1v) is 11.1. The zero-order chi connectivity index (χ0) is 20.5. The van der Waals surface area contributed by atoms with Crippen LogP contribution in [0.3, 0.4) is 0 Å². The molecular weight excluding hydrogens is 515 g/mol. The van der Waals surface area contributed by atoms with Crippen molar-refractivity contribution in [1.82, 2.24) is 20.4 Å². The monoisotopic (exact) mass is 550 g/mol. The summed E-state index contributed by atoms with van der Waals surface area (Å²) < 4.78 is 5.41. The molecule has 0 saturated carbocycles. The Bertz CT molecular complexity index is 663. The molecule has 2 fully saturated rings. The maximum absolute atomic E-state index is 6.58. The molecule has 2 heterocycles. The van der Waals surface area contributed by atoms with Crippen LogP contribution in [-0.2, 0) is 11.3 Å². The molecule has 7 nitrogen and oxygen atoms in total. The van der Waals surface area contributed by atoms with Gasteiger partial charge in [-0.05, 0) is 26.1 Å². The minimum atomic E-state index is 0. The van der Waals surface area contributed by atoms with Crippen molar-refractivity contribution in [3.63, 3.8) is 0 Å². The van der Waals surface area contributed by atoms with Crippen LogP contribution in [0.5, 0.6) is 0 Å². The molecule has 0 aliphatic carbocycles. The van der Waals surface area contributed by atoms with Gasteiger partial charge >= 0.3 is 0 Å². The smallest absolute Gasteiger partial charge is 0.191 e. The number of nitrogens with one attached hydrogen (secondary N) is 2. The first-order chi connectivity index (χ1) is 14.2.